The molecule has 21 heavy (non-hydrogen) atoms. The molecule has 1 aromatic heterocycles. The van der Waals surface area contributed by atoms with E-state index in [4.69, 9.17) is 0 Å². The topological polar surface area (TPSA) is 49.3 Å². The van der Waals surface area contributed by atoms with E-state index in [9.17, 15) is 14.3 Å². The smallest absolute Gasteiger partial charge is 0.261 e. The van der Waals surface area contributed by atoms with Crippen LogP contribution in [-0.4, -0.2) is 24.2 Å². The first kappa shape index (κ1) is 14.5. The number of benzene rings is 1. The average Bonchev–Trinajstić information content (AvgIpc) is 3.13. The summed E-state index contributed by atoms with van der Waals surface area (Å²) < 4.78 is 14.4. The normalized spacial score (nSPS) is 17.2. The van der Waals surface area contributed by atoms with Gasteiger partial charge in [0.05, 0.1) is 11.5 Å². The van der Waals surface area contributed by atoms with E-state index in [1.165, 1.54) is 17.4 Å². The molecule has 3 rings (SSSR count). The molecule has 0 saturated heterocycles. The second kappa shape index (κ2) is 5.73. The third-order valence-electron chi connectivity index (χ3n) is 4.36. The van der Waals surface area contributed by atoms with Crippen LogP contribution in [0.1, 0.15) is 35.4 Å². The molecule has 2 aromatic rings. The van der Waals surface area contributed by atoms with E-state index in [1.807, 2.05) is 6.07 Å². The van der Waals surface area contributed by atoms with Gasteiger partial charge in [0.1, 0.15) is 5.82 Å². The Morgan fingerprint density at radius 2 is 2.14 bits per heavy atom. The lowest BCUT2D eigenvalue weighted by atomic mass is 9.87. The number of halogens is 1. The second-order valence-electron chi connectivity index (χ2n) is 5.81. The third kappa shape index (κ3) is 2.80. The summed E-state index contributed by atoms with van der Waals surface area (Å²) in [6, 6.07) is 6.46. The Balaban J connectivity index is 1.73. The number of hydrogen-bond donors (Lipinski definition) is 2. The van der Waals surface area contributed by atoms with Crippen molar-refractivity contribution in [2.75, 3.05) is 13.2 Å². The summed E-state index contributed by atoms with van der Waals surface area (Å²) in [6.07, 6.45) is 4.10. The minimum atomic E-state index is -0.301. The Kier molecular flexibility index (Phi) is 3.95. The van der Waals surface area contributed by atoms with Crippen LogP contribution in [0.5, 0.6) is 0 Å². The number of nitrogens with one attached hydrogen (secondary N) is 1. The van der Waals surface area contributed by atoms with Crippen LogP contribution in [-0.2, 0) is 0 Å². The molecule has 0 spiro atoms. The maximum atomic E-state index is 13.7. The van der Waals surface area contributed by atoms with Crippen molar-refractivity contribution in [1.29, 1.82) is 0 Å². The molecular weight excluding hydrogens is 289 g/mol. The summed E-state index contributed by atoms with van der Waals surface area (Å²) in [5.41, 5.74) is -0.169. The largest absolute Gasteiger partial charge is 0.396 e. The van der Waals surface area contributed by atoms with Gasteiger partial charge in [-0.15, -0.1) is 11.3 Å². The minimum absolute atomic E-state index is 0.105. The average molecular weight is 307 g/mol. The first-order valence-corrected chi connectivity index (χ1v) is 8.02. The van der Waals surface area contributed by atoms with Gasteiger partial charge in [0.2, 0.25) is 0 Å². The van der Waals surface area contributed by atoms with Crippen molar-refractivity contribution in [3.05, 3.63) is 35.0 Å². The monoisotopic (exact) mass is 307 g/mol. The highest BCUT2D eigenvalue weighted by Gasteiger charge is 2.33. The Labute approximate surface area is 126 Å². The molecule has 112 valence electrons. The van der Waals surface area contributed by atoms with Crippen molar-refractivity contribution in [3.8, 4) is 0 Å². The zero-order valence-corrected chi connectivity index (χ0v) is 12.5. The second-order valence-corrected chi connectivity index (χ2v) is 6.89. The van der Waals surface area contributed by atoms with E-state index in [0.29, 0.717) is 16.8 Å². The quantitative estimate of drug-likeness (QED) is 0.910. The molecule has 0 atom stereocenters. The van der Waals surface area contributed by atoms with Gasteiger partial charge in [-0.3, -0.25) is 4.79 Å². The van der Waals surface area contributed by atoms with Crippen LogP contribution >= 0.6 is 11.3 Å². The standard InChI is InChI=1S/C16H18FNO2S/c17-12-4-3-5-13-11(12)8-14(21-13)15(20)18-9-16(10-19)6-1-2-7-16/h3-5,8,19H,1-2,6-7,9-10H2,(H,18,20). The van der Waals surface area contributed by atoms with E-state index < -0.39 is 0 Å². The fourth-order valence-electron chi connectivity index (χ4n) is 3.01. The van der Waals surface area contributed by atoms with Crippen LogP contribution in [0.3, 0.4) is 0 Å². The number of hydrogen-bond acceptors (Lipinski definition) is 3. The molecule has 1 aromatic carbocycles. The SMILES string of the molecule is O=C(NCC1(CO)CCCC1)c1cc2c(F)cccc2s1. The van der Waals surface area contributed by atoms with E-state index in [1.54, 1.807) is 12.1 Å². The number of aliphatic hydroxyl groups excluding tert-OH is 1. The van der Waals surface area contributed by atoms with Gasteiger partial charge in [-0.1, -0.05) is 18.9 Å². The molecule has 1 aliphatic rings. The molecule has 0 radical (unpaired) electrons. The van der Waals surface area contributed by atoms with Crippen molar-refractivity contribution < 1.29 is 14.3 Å². The van der Waals surface area contributed by atoms with E-state index in [-0.39, 0.29) is 23.7 Å². The maximum absolute atomic E-state index is 13.7. The van der Waals surface area contributed by atoms with Crippen molar-refractivity contribution in [2.24, 2.45) is 5.41 Å². The highest BCUT2D eigenvalue weighted by Crippen LogP contribution is 2.37. The highest BCUT2D eigenvalue weighted by atomic mass is 32.1. The summed E-state index contributed by atoms with van der Waals surface area (Å²) in [6.45, 7) is 0.591. The van der Waals surface area contributed by atoms with E-state index in [0.717, 1.165) is 30.4 Å². The van der Waals surface area contributed by atoms with Crippen LogP contribution < -0.4 is 5.32 Å². The fourth-order valence-corrected chi connectivity index (χ4v) is 4.00. The zero-order chi connectivity index (χ0) is 14.9. The predicted molar refractivity (Wildman–Crippen MR) is 82.1 cm³/mol. The molecule has 0 aliphatic heterocycles. The van der Waals surface area contributed by atoms with Crippen molar-refractivity contribution >= 4 is 27.3 Å². The lowest BCUT2D eigenvalue weighted by Crippen LogP contribution is -2.38. The van der Waals surface area contributed by atoms with Crippen LogP contribution in [0.25, 0.3) is 10.1 Å². The highest BCUT2D eigenvalue weighted by molar-refractivity contribution is 7.20. The van der Waals surface area contributed by atoms with E-state index >= 15 is 0 Å². The van der Waals surface area contributed by atoms with Gasteiger partial charge in [0.15, 0.2) is 0 Å². The van der Waals surface area contributed by atoms with Gasteiger partial charge in [-0.25, -0.2) is 4.39 Å². The van der Waals surface area contributed by atoms with Gasteiger partial charge in [0.25, 0.3) is 5.91 Å². The van der Waals surface area contributed by atoms with Crippen LogP contribution in [0.2, 0.25) is 0 Å². The first-order valence-electron chi connectivity index (χ1n) is 7.21. The van der Waals surface area contributed by atoms with E-state index in [2.05, 4.69) is 5.32 Å². The fraction of sp³-hybridized carbons (Fsp3) is 0.438. The Morgan fingerprint density at radius 3 is 2.81 bits per heavy atom. The van der Waals surface area contributed by atoms with Crippen molar-refractivity contribution in [2.45, 2.75) is 25.7 Å². The number of fused-ring (bicyclic) bond motifs is 1. The lowest BCUT2D eigenvalue weighted by Gasteiger charge is -2.26. The number of carbonyl (C=O) groups excluding carboxylic acids is 1. The number of aliphatic hydroxyl groups is 1. The molecule has 3 nitrogen and oxygen atoms in total. The molecule has 1 aliphatic carbocycles. The molecule has 5 heteroatoms. The van der Waals surface area contributed by atoms with Crippen LogP contribution in [0.4, 0.5) is 4.39 Å². The molecule has 0 bridgehead atoms. The van der Waals surface area contributed by atoms with Crippen LogP contribution in [0.15, 0.2) is 24.3 Å². The van der Waals surface area contributed by atoms with Gasteiger partial charge < -0.3 is 10.4 Å². The number of amides is 1. The molecular formula is C16H18FNO2S. The summed E-state index contributed by atoms with van der Waals surface area (Å²) >= 11 is 1.29. The lowest BCUT2D eigenvalue weighted by molar-refractivity contribution is 0.0884. The molecule has 1 fully saturated rings. The molecule has 1 amide bonds. The summed E-state index contributed by atoms with van der Waals surface area (Å²) in [7, 11) is 0. The van der Waals surface area contributed by atoms with Crippen LogP contribution in [0, 0.1) is 11.2 Å². The zero-order valence-electron chi connectivity index (χ0n) is 11.7. The Morgan fingerprint density at radius 1 is 1.38 bits per heavy atom. The van der Waals surface area contributed by atoms with Gasteiger partial charge in [-0.05, 0) is 31.0 Å². The van der Waals surface area contributed by atoms with Crippen molar-refractivity contribution in [3.63, 3.8) is 0 Å². The third-order valence-corrected chi connectivity index (χ3v) is 5.45. The number of carbonyl (C=O) groups is 1. The Bertz CT molecular complexity index is 661. The first-order chi connectivity index (χ1) is 10.1. The van der Waals surface area contributed by atoms with Gasteiger partial charge in [0, 0.05) is 22.0 Å². The van der Waals surface area contributed by atoms with Gasteiger partial charge >= 0.3 is 0 Å². The molecule has 0 unspecified atom stereocenters. The van der Waals surface area contributed by atoms with Gasteiger partial charge in [-0.2, -0.15) is 0 Å². The molecule has 1 saturated carbocycles. The maximum Gasteiger partial charge on any atom is 0.261 e. The molecule has 1 heterocycles. The summed E-state index contributed by atoms with van der Waals surface area (Å²) in [5.74, 6) is -0.485. The molecule has 2 N–H and O–H groups in total. The minimum Gasteiger partial charge on any atom is -0.396 e. The Hall–Kier alpha value is -1.46. The number of thiophene rings is 1. The summed E-state index contributed by atoms with van der Waals surface area (Å²) in [4.78, 5) is 12.8. The summed E-state index contributed by atoms with van der Waals surface area (Å²) in [5, 5.41) is 12.9. The van der Waals surface area contributed by atoms with Crippen molar-refractivity contribution in [1.82, 2.24) is 5.32 Å². The number of rotatable bonds is 4. The predicted octanol–water partition coefficient (Wildman–Crippen LogP) is 3.32.